The molecular formula is C19H25ClN4O2S. The van der Waals surface area contributed by atoms with Gasteiger partial charge < -0.3 is 10.6 Å². The zero-order valence-corrected chi connectivity index (χ0v) is 16.9. The molecule has 0 fully saturated rings. The van der Waals surface area contributed by atoms with E-state index in [1.54, 1.807) is 0 Å². The molecule has 2 aromatic rings. The average molecular weight is 409 g/mol. The highest BCUT2D eigenvalue weighted by molar-refractivity contribution is 7.89. The first-order valence-electron chi connectivity index (χ1n) is 8.76. The van der Waals surface area contributed by atoms with Gasteiger partial charge in [-0.25, -0.2) is 18.1 Å². The third-order valence-corrected chi connectivity index (χ3v) is 5.26. The smallest absolute Gasteiger partial charge is 0.213 e. The second-order valence-corrected chi connectivity index (χ2v) is 8.24. The lowest BCUT2D eigenvalue weighted by atomic mass is 10.2. The van der Waals surface area contributed by atoms with Crippen molar-refractivity contribution in [2.45, 2.75) is 20.0 Å². The summed E-state index contributed by atoms with van der Waals surface area (Å²) in [5.74, 6) is 0.538. The Hall–Kier alpha value is -2.09. The van der Waals surface area contributed by atoms with E-state index in [4.69, 9.17) is 11.6 Å². The normalized spacial score (nSPS) is 12.0. The van der Waals surface area contributed by atoms with Gasteiger partial charge in [-0.2, -0.15) is 0 Å². The number of nitrogens with one attached hydrogen (secondary N) is 3. The van der Waals surface area contributed by atoms with Gasteiger partial charge in [0.2, 0.25) is 10.0 Å². The van der Waals surface area contributed by atoms with Crippen LogP contribution in [-0.4, -0.2) is 33.2 Å². The van der Waals surface area contributed by atoms with Crippen molar-refractivity contribution in [1.82, 2.24) is 15.4 Å². The number of rotatable bonds is 9. The van der Waals surface area contributed by atoms with Crippen molar-refractivity contribution >= 4 is 27.6 Å². The van der Waals surface area contributed by atoms with E-state index in [-0.39, 0.29) is 18.8 Å². The van der Waals surface area contributed by atoms with Crippen LogP contribution in [0, 0.1) is 0 Å². The Morgan fingerprint density at radius 3 is 2.37 bits per heavy atom. The lowest BCUT2D eigenvalue weighted by Gasteiger charge is -2.12. The number of halogens is 1. The van der Waals surface area contributed by atoms with Gasteiger partial charge in [-0.05, 0) is 30.2 Å². The van der Waals surface area contributed by atoms with Crippen molar-refractivity contribution < 1.29 is 8.42 Å². The van der Waals surface area contributed by atoms with Crippen molar-refractivity contribution in [3.63, 3.8) is 0 Å². The minimum Gasteiger partial charge on any atom is -0.357 e. The molecule has 0 bridgehead atoms. The third-order valence-electron chi connectivity index (χ3n) is 3.68. The number of hydrogen-bond acceptors (Lipinski definition) is 3. The second-order valence-electron chi connectivity index (χ2n) is 5.87. The molecule has 3 N–H and O–H groups in total. The van der Waals surface area contributed by atoms with Gasteiger partial charge in [0.25, 0.3) is 0 Å². The minimum absolute atomic E-state index is 0.0365. The van der Waals surface area contributed by atoms with Crippen molar-refractivity contribution in [1.29, 1.82) is 0 Å². The molecule has 2 rings (SSSR count). The summed E-state index contributed by atoms with van der Waals surface area (Å²) in [5.41, 5.74) is 1.95. The van der Waals surface area contributed by atoms with E-state index in [9.17, 15) is 8.42 Å². The number of sulfonamides is 1. The molecule has 0 heterocycles. The monoisotopic (exact) mass is 408 g/mol. The molecule has 0 spiro atoms. The van der Waals surface area contributed by atoms with Crippen molar-refractivity contribution in [2.24, 2.45) is 4.99 Å². The van der Waals surface area contributed by atoms with E-state index in [0.717, 1.165) is 11.1 Å². The Morgan fingerprint density at radius 2 is 1.70 bits per heavy atom. The zero-order valence-electron chi connectivity index (χ0n) is 15.3. The van der Waals surface area contributed by atoms with E-state index in [0.29, 0.717) is 24.1 Å². The highest BCUT2D eigenvalue weighted by Crippen LogP contribution is 2.10. The molecule has 0 saturated heterocycles. The molecular weight excluding hydrogens is 384 g/mol. The highest BCUT2D eigenvalue weighted by Gasteiger charge is 2.10. The van der Waals surface area contributed by atoms with Crippen LogP contribution >= 0.6 is 11.6 Å². The van der Waals surface area contributed by atoms with Gasteiger partial charge >= 0.3 is 0 Å². The molecule has 0 aliphatic rings. The molecule has 8 heteroatoms. The predicted molar refractivity (Wildman–Crippen MR) is 111 cm³/mol. The van der Waals surface area contributed by atoms with Gasteiger partial charge in [0.05, 0.1) is 12.3 Å². The largest absolute Gasteiger partial charge is 0.357 e. The van der Waals surface area contributed by atoms with Crippen molar-refractivity contribution in [3.05, 3.63) is 70.7 Å². The second kappa shape index (κ2) is 10.9. The van der Waals surface area contributed by atoms with Crippen LogP contribution in [-0.2, 0) is 23.1 Å². The summed E-state index contributed by atoms with van der Waals surface area (Å²) in [6.07, 6.45) is 0. The quantitative estimate of drug-likeness (QED) is 0.440. The Morgan fingerprint density at radius 1 is 1.00 bits per heavy atom. The molecule has 0 aliphatic carbocycles. The molecule has 0 atom stereocenters. The Balaban J connectivity index is 1.81. The molecule has 6 nitrogen and oxygen atoms in total. The van der Waals surface area contributed by atoms with E-state index >= 15 is 0 Å². The number of nitrogens with zero attached hydrogens (tertiary/aromatic N) is 1. The van der Waals surface area contributed by atoms with E-state index in [2.05, 4.69) is 20.3 Å². The minimum atomic E-state index is -3.37. The van der Waals surface area contributed by atoms with Crippen LogP contribution in [0.25, 0.3) is 0 Å². The molecule has 0 aromatic heterocycles. The van der Waals surface area contributed by atoms with Crippen molar-refractivity contribution in [2.75, 3.05) is 18.8 Å². The Kier molecular flexibility index (Phi) is 8.57. The number of guanidine groups is 1. The first kappa shape index (κ1) is 21.2. The van der Waals surface area contributed by atoms with Gasteiger partial charge in [0.1, 0.15) is 0 Å². The lowest BCUT2D eigenvalue weighted by molar-refractivity contribution is 0.580. The van der Waals surface area contributed by atoms with Crippen LogP contribution in [0.2, 0.25) is 5.02 Å². The number of hydrogen-bond donors (Lipinski definition) is 3. The summed E-state index contributed by atoms with van der Waals surface area (Å²) in [6.45, 7) is 3.67. The fourth-order valence-electron chi connectivity index (χ4n) is 2.27. The van der Waals surface area contributed by atoms with Crippen LogP contribution in [0.15, 0.2) is 59.6 Å². The van der Waals surface area contributed by atoms with Gasteiger partial charge in [-0.1, -0.05) is 54.1 Å². The van der Waals surface area contributed by atoms with Crippen LogP contribution in [0.3, 0.4) is 0 Å². The molecule has 0 saturated carbocycles. The topological polar surface area (TPSA) is 82.6 Å². The van der Waals surface area contributed by atoms with E-state index < -0.39 is 10.0 Å². The average Bonchev–Trinajstić information content (AvgIpc) is 2.66. The first-order chi connectivity index (χ1) is 13.0. The molecule has 0 amide bonds. The van der Waals surface area contributed by atoms with E-state index in [1.165, 1.54) is 0 Å². The summed E-state index contributed by atoms with van der Waals surface area (Å²) in [5, 5.41) is 6.84. The maximum atomic E-state index is 12.1. The Labute approximate surface area is 166 Å². The summed E-state index contributed by atoms with van der Waals surface area (Å²) in [4.78, 5) is 4.46. The summed E-state index contributed by atoms with van der Waals surface area (Å²) in [7, 11) is -3.37. The molecule has 0 unspecified atom stereocenters. The molecule has 146 valence electrons. The number of benzene rings is 2. The molecule has 2 aromatic carbocycles. The zero-order chi connectivity index (χ0) is 19.5. The standard InChI is InChI=1S/C19H25ClN4O2S/c1-2-21-19(23-14-17-8-10-18(20)11-9-17)22-12-13-27(25,26)24-15-16-6-4-3-5-7-16/h3-11,24H,2,12-15H2,1H3,(H2,21,22,23). The SMILES string of the molecule is CCNC(=NCc1ccc(Cl)cc1)NCCS(=O)(=O)NCc1ccccc1. The van der Waals surface area contributed by atoms with Gasteiger partial charge in [0.15, 0.2) is 5.96 Å². The molecule has 0 aliphatic heterocycles. The van der Waals surface area contributed by atoms with Gasteiger partial charge in [-0.3, -0.25) is 0 Å². The van der Waals surface area contributed by atoms with Crippen LogP contribution < -0.4 is 15.4 Å². The first-order valence-corrected chi connectivity index (χ1v) is 10.8. The van der Waals surface area contributed by atoms with Gasteiger partial charge in [-0.15, -0.1) is 0 Å². The van der Waals surface area contributed by atoms with Crippen LogP contribution in [0.1, 0.15) is 18.1 Å². The number of aliphatic imine (C=N–C) groups is 1. The summed E-state index contributed by atoms with van der Waals surface area (Å²) in [6, 6.07) is 16.9. The predicted octanol–water partition coefficient (Wildman–Crippen LogP) is 2.51. The fraction of sp³-hybridized carbons (Fsp3) is 0.316. The maximum Gasteiger partial charge on any atom is 0.213 e. The summed E-state index contributed by atoms with van der Waals surface area (Å²) >= 11 is 5.88. The highest BCUT2D eigenvalue weighted by atomic mass is 35.5. The molecule has 27 heavy (non-hydrogen) atoms. The van der Waals surface area contributed by atoms with Gasteiger partial charge in [0, 0.05) is 24.7 Å². The van der Waals surface area contributed by atoms with Crippen molar-refractivity contribution in [3.8, 4) is 0 Å². The molecule has 0 radical (unpaired) electrons. The summed E-state index contributed by atoms with van der Waals surface area (Å²) < 4.78 is 26.9. The third kappa shape index (κ3) is 8.43. The van der Waals surface area contributed by atoms with Crippen LogP contribution in [0.4, 0.5) is 0 Å². The maximum absolute atomic E-state index is 12.1. The van der Waals surface area contributed by atoms with E-state index in [1.807, 2.05) is 61.5 Å². The fourth-order valence-corrected chi connectivity index (χ4v) is 3.29. The lowest BCUT2D eigenvalue weighted by Crippen LogP contribution is -2.41. The Bertz CT molecular complexity index is 825. The van der Waals surface area contributed by atoms with Crippen LogP contribution in [0.5, 0.6) is 0 Å².